The zero-order chi connectivity index (χ0) is 43.1. The van der Waals surface area contributed by atoms with Gasteiger partial charge < -0.3 is 39.9 Å². The molecular formula is C48H52N8O6. The van der Waals surface area contributed by atoms with E-state index in [4.69, 9.17) is 19.4 Å². The van der Waals surface area contributed by atoms with Crippen molar-refractivity contribution in [2.45, 2.75) is 89.6 Å². The molecule has 8 atom stereocenters. The molecule has 2 saturated heterocycles. The minimum absolute atomic E-state index is 0.0956. The first-order valence-electron chi connectivity index (χ1n) is 21.8. The Labute approximate surface area is 359 Å². The van der Waals surface area contributed by atoms with Crippen LogP contribution in [0.3, 0.4) is 0 Å². The standard InChI is InChI=1S/C48H52N8O6/c1-23(2)41(53-47(59)61-5)45(57)55-37-19-31(37)21-39(55)43-49-33-13-11-29(17-35(33)51-43)27-9-7-26-16-28(10-8-25(26)15-27)30-12-14-34-36(18-30)52-44(50-34)40-22-32-20-38(32)56(40)46(58)42(24(3)4)54-48(60)62-6/h7-18,23-24,31-32,37-42H,19-22H2,1-6H3,(H,49,51)(H,50,52)(H,53,59)(H,54,60)/t31-,32-,37-,38-,39+,40?,41+,42+/m1/s1. The van der Waals surface area contributed by atoms with Crippen molar-refractivity contribution in [1.29, 1.82) is 0 Å². The molecule has 4 N–H and O–H groups in total. The molecule has 0 spiro atoms. The predicted octanol–water partition coefficient (Wildman–Crippen LogP) is 8.01. The van der Waals surface area contributed by atoms with Crippen LogP contribution in [-0.2, 0) is 19.1 Å². The van der Waals surface area contributed by atoms with Crippen LogP contribution in [0, 0.1) is 23.7 Å². The van der Waals surface area contributed by atoms with Crippen LogP contribution in [0.15, 0.2) is 72.8 Å². The first-order chi connectivity index (χ1) is 29.9. The number of H-pyrrole nitrogens is 2. The normalized spacial score (nSPS) is 23.4. The third-order valence-electron chi connectivity index (χ3n) is 13.6. The van der Waals surface area contributed by atoms with Gasteiger partial charge in [0.15, 0.2) is 0 Å². The topological polar surface area (TPSA) is 175 Å². The van der Waals surface area contributed by atoms with Crippen molar-refractivity contribution in [2.75, 3.05) is 14.2 Å². The number of benzene rings is 4. The summed E-state index contributed by atoms with van der Waals surface area (Å²) in [5, 5.41) is 7.74. The molecule has 0 radical (unpaired) electrons. The minimum Gasteiger partial charge on any atom is -0.453 e. The zero-order valence-electron chi connectivity index (χ0n) is 35.8. The van der Waals surface area contributed by atoms with E-state index in [0.717, 1.165) is 92.4 Å². The molecule has 2 aliphatic heterocycles. The van der Waals surface area contributed by atoms with Crippen LogP contribution in [0.5, 0.6) is 0 Å². The molecule has 320 valence electrons. The van der Waals surface area contributed by atoms with Crippen LogP contribution in [0.4, 0.5) is 9.59 Å². The van der Waals surface area contributed by atoms with Gasteiger partial charge in [0.05, 0.1) is 48.4 Å². The van der Waals surface area contributed by atoms with Gasteiger partial charge in [0, 0.05) is 12.1 Å². The second-order valence-corrected chi connectivity index (χ2v) is 18.3. The Morgan fingerprint density at radius 1 is 0.581 bits per heavy atom. The fourth-order valence-corrected chi connectivity index (χ4v) is 10.1. The molecule has 6 aromatic rings. The molecule has 2 saturated carbocycles. The van der Waals surface area contributed by atoms with Gasteiger partial charge in [-0.3, -0.25) is 9.59 Å². The summed E-state index contributed by atoms with van der Waals surface area (Å²) in [5.41, 5.74) is 7.78. The Hall–Kier alpha value is -6.44. The van der Waals surface area contributed by atoms with Gasteiger partial charge in [0.25, 0.3) is 0 Å². The molecule has 2 aliphatic carbocycles. The molecular weight excluding hydrogens is 785 g/mol. The lowest BCUT2D eigenvalue weighted by Gasteiger charge is -2.31. The number of nitrogens with zero attached hydrogens (tertiary/aromatic N) is 4. The lowest BCUT2D eigenvalue weighted by atomic mass is 9.97. The second kappa shape index (κ2) is 15.2. The van der Waals surface area contributed by atoms with Crippen LogP contribution in [0.2, 0.25) is 0 Å². The third kappa shape index (κ3) is 6.98. The number of alkyl carbamates (subject to hydrolysis) is 2. The molecule has 4 fully saturated rings. The maximum absolute atomic E-state index is 13.9. The summed E-state index contributed by atoms with van der Waals surface area (Å²) in [6.45, 7) is 7.71. The monoisotopic (exact) mass is 836 g/mol. The van der Waals surface area contributed by atoms with Crippen molar-refractivity contribution in [3.63, 3.8) is 0 Å². The quantitative estimate of drug-likeness (QED) is 0.107. The molecule has 2 aromatic heterocycles. The molecule has 1 unspecified atom stereocenters. The number of carbonyl (C=O) groups is 4. The van der Waals surface area contributed by atoms with E-state index in [1.807, 2.05) is 49.6 Å². The van der Waals surface area contributed by atoms with Crippen LogP contribution < -0.4 is 10.6 Å². The number of hydrogen-bond acceptors (Lipinski definition) is 8. The van der Waals surface area contributed by atoms with Crippen molar-refractivity contribution < 1.29 is 28.7 Å². The third-order valence-corrected chi connectivity index (χ3v) is 13.6. The average molecular weight is 837 g/mol. The van der Waals surface area contributed by atoms with Gasteiger partial charge in [-0.25, -0.2) is 19.6 Å². The van der Waals surface area contributed by atoms with E-state index >= 15 is 0 Å². The van der Waals surface area contributed by atoms with Gasteiger partial charge in [0.1, 0.15) is 23.7 Å². The summed E-state index contributed by atoms with van der Waals surface area (Å²) in [5.74, 6) is 2.03. The highest BCUT2D eigenvalue weighted by Crippen LogP contribution is 2.54. The van der Waals surface area contributed by atoms with Crippen LogP contribution in [0.1, 0.15) is 77.1 Å². The highest BCUT2D eigenvalue weighted by Gasteiger charge is 2.57. The highest BCUT2D eigenvalue weighted by atomic mass is 16.5. The first-order valence-corrected chi connectivity index (χ1v) is 21.8. The lowest BCUT2D eigenvalue weighted by molar-refractivity contribution is -0.137. The summed E-state index contributed by atoms with van der Waals surface area (Å²) >= 11 is 0. The number of carbonyl (C=O) groups excluding carboxylic acids is 4. The number of amides is 4. The van der Waals surface area contributed by atoms with E-state index in [1.165, 1.54) is 14.2 Å². The van der Waals surface area contributed by atoms with E-state index in [1.54, 1.807) is 0 Å². The predicted molar refractivity (Wildman–Crippen MR) is 235 cm³/mol. The number of aromatic nitrogens is 4. The summed E-state index contributed by atoms with van der Waals surface area (Å²) in [6, 6.07) is 24.1. The molecule has 0 bridgehead atoms. The van der Waals surface area contributed by atoms with Crippen molar-refractivity contribution >= 4 is 56.8 Å². The van der Waals surface area contributed by atoms with Crippen LogP contribution >= 0.6 is 0 Å². The number of rotatable bonds is 10. The van der Waals surface area contributed by atoms with Gasteiger partial charge in [-0.15, -0.1) is 0 Å². The number of aromatic amines is 2. The van der Waals surface area contributed by atoms with Crippen molar-refractivity contribution in [2.24, 2.45) is 23.7 Å². The Morgan fingerprint density at radius 2 is 0.968 bits per heavy atom. The van der Waals surface area contributed by atoms with E-state index in [2.05, 4.69) is 81.3 Å². The number of piperidine rings is 2. The number of likely N-dealkylation sites (tertiary alicyclic amines) is 2. The molecule has 10 rings (SSSR count). The molecule has 4 amide bonds. The Bertz CT molecular complexity index is 2590. The lowest BCUT2D eigenvalue weighted by Crippen LogP contribution is -2.52. The van der Waals surface area contributed by atoms with Crippen LogP contribution in [-0.4, -0.2) is 92.1 Å². The van der Waals surface area contributed by atoms with Crippen molar-refractivity contribution in [3.05, 3.63) is 84.4 Å². The van der Waals surface area contributed by atoms with E-state index in [0.29, 0.717) is 11.8 Å². The summed E-state index contributed by atoms with van der Waals surface area (Å²) in [7, 11) is 2.61. The Balaban J connectivity index is 0.868. The maximum Gasteiger partial charge on any atom is 0.407 e. The summed E-state index contributed by atoms with van der Waals surface area (Å²) < 4.78 is 9.65. The summed E-state index contributed by atoms with van der Waals surface area (Å²) in [6.07, 6.45) is 2.42. The minimum atomic E-state index is -0.681. The SMILES string of the molecule is COC(=O)N[C@H](C(=O)N1C(c2nc3ccc(-c4ccc5cc(-c6ccc7nc([C@@H]8C[C@H]9C[C@H]9N8C(=O)[C@@H](NC(=O)OC)C(C)C)[nH]c7c6)ccc5c4)cc3[nH]2)C[C@H]2C[C@H]21)C(C)C. The fraction of sp³-hybridized carbons (Fsp3) is 0.417. The van der Waals surface area contributed by atoms with Gasteiger partial charge in [-0.05, 0) is 119 Å². The number of fused-ring (bicyclic) bond motifs is 5. The summed E-state index contributed by atoms with van der Waals surface area (Å²) in [4.78, 5) is 73.0. The van der Waals surface area contributed by atoms with E-state index in [9.17, 15) is 19.2 Å². The fourth-order valence-electron chi connectivity index (χ4n) is 10.1. The van der Waals surface area contributed by atoms with Gasteiger partial charge in [-0.2, -0.15) is 0 Å². The second-order valence-electron chi connectivity index (χ2n) is 18.3. The van der Waals surface area contributed by atoms with Gasteiger partial charge >= 0.3 is 12.2 Å². The van der Waals surface area contributed by atoms with Crippen molar-refractivity contribution in [3.8, 4) is 22.3 Å². The molecule has 4 aromatic carbocycles. The molecule has 4 aliphatic rings. The van der Waals surface area contributed by atoms with E-state index < -0.39 is 24.3 Å². The Morgan fingerprint density at radius 3 is 1.35 bits per heavy atom. The van der Waals surface area contributed by atoms with Gasteiger partial charge in [-0.1, -0.05) is 64.1 Å². The average Bonchev–Trinajstić information content (AvgIpc) is 3.93. The van der Waals surface area contributed by atoms with Crippen LogP contribution in [0.25, 0.3) is 55.1 Å². The molecule has 62 heavy (non-hydrogen) atoms. The highest BCUT2D eigenvalue weighted by molar-refractivity contribution is 5.94. The molecule has 14 nitrogen and oxygen atoms in total. The number of methoxy groups -OCH3 is 2. The smallest absolute Gasteiger partial charge is 0.407 e. The molecule has 14 heteroatoms. The largest absolute Gasteiger partial charge is 0.453 e. The molecule has 4 heterocycles. The van der Waals surface area contributed by atoms with Crippen molar-refractivity contribution in [1.82, 2.24) is 40.4 Å². The number of imidazole rings is 2. The number of nitrogens with one attached hydrogen (secondary N) is 4. The van der Waals surface area contributed by atoms with E-state index in [-0.39, 0.29) is 47.8 Å². The maximum atomic E-state index is 13.9. The van der Waals surface area contributed by atoms with Gasteiger partial charge in [0.2, 0.25) is 11.8 Å². The zero-order valence-corrected chi connectivity index (χ0v) is 35.8. The number of hydrogen-bond donors (Lipinski definition) is 4. The first kappa shape index (κ1) is 39.7. The number of ether oxygens (including phenoxy) is 2. The Kier molecular flexibility index (Phi) is 9.71.